The molecule has 0 spiro atoms. The third-order valence-corrected chi connectivity index (χ3v) is 7.67. The average molecular weight is 495 g/mol. The molecule has 2 saturated heterocycles. The Balaban J connectivity index is 1.50. The van der Waals surface area contributed by atoms with Crippen molar-refractivity contribution in [2.75, 3.05) is 0 Å². The van der Waals surface area contributed by atoms with Crippen LogP contribution in [0, 0.1) is 23.0 Å². The molecule has 2 fully saturated rings. The topological polar surface area (TPSA) is 83.0 Å². The molecule has 0 radical (unpaired) electrons. The second-order valence-electron chi connectivity index (χ2n) is 9.90. The molecular formula is C30H24F2N4O. The number of nitriles is 1. The Morgan fingerprint density at radius 2 is 1.73 bits per heavy atom. The molecule has 0 saturated carbocycles. The lowest BCUT2D eigenvalue weighted by Gasteiger charge is -2.38. The minimum Gasteiger partial charge on any atom is -0.333 e. The fourth-order valence-corrected chi connectivity index (χ4v) is 5.94. The van der Waals surface area contributed by atoms with Gasteiger partial charge in [0.25, 0.3) is 5.91 Å². The molecule has 37 heavy (non-hydrogen) atoms. The van der Waals surface area contributed by atoms with E-state index in [1.54, 1.807) is 48.5 Å². The Labute approximate surface area is 213 Å². The van der Waals surface area contributed by atoms with Crippen molar-refractivity contribution in [1.82, 2.24) is 9.88 Å². The quantitative estimate of drug-likeness (QED) is 0.389. The summed E-state index contributed by atoms with van der Waals surface area (Å²) >= 11 is 0. The summed E-state index contributed by atoms with van der Waals surface area (Å²) in [5, 5.41) is 9.85. The zero-order valence-electron chi connectivity index (χ0n) is 20.0. The summed E-state index contributed by atoms with van der Waals surface area (Å²) in [7, 11) is 0. The van der Waals surface area contributed by atoms with E-state index >= 15 is 4.39 Å². The number of hydrogen-bond acceptors (Lipinski definition) is 4. The first-order valence-electron chi connectivity index (χ1n) is 12.4. The molecule has 2 atom stereocenters. The van der Waals surface area contributed by atoms with Crippen LogP contribution in [-0.4, -0.2) is 33.9 Å². The molecule has 184 valence electrons. The smallest absolute Gasteiger partial charge is 0.254 e. The number of nitrogens with zero attached hydrogens (tertiary/aromatic N) is 3. The Morgan fingerprint density at radius 1 is 0.973 bits per heavy atom. The van der Waals surface area contributed by atoms with Gasteiger partial charge in [0.05, 0.1) is 5.56 Å². The molecule has 0 aliphatic carbocycles. The molecule has 2 aliphatic rings. The van der Waals surface area contributed by atoms with Crippen LogP contribution >= 0.6 is 0 Å². The predicted molar refractivity (Wildman–Crippen MR) is 137 cm³/mol. The minimum atomic E-state index is -0.675. The van der Waals surface area contributed by atoms with Gasteiger partial charge in [-0.15, -0.1) is 0 Å². The number of aromatic nitrogens is 1. The predicted octanol–water partition coefficient (Wildman–Crippen LogP) is 5.81. The van der Waals surface area contributed by atoms with E-state index in [9.17, 15) is 14.4 Å². The van der Waals surface area contributed by atoms with Gasteiger partial charge in [0, 0.05) is 40.8 Å². The fourth-order valence-electron chi connectivity index (χ4n) is 5.94. The third kappa shape index (κ3) is 3.94. The van der Waals surface area contributed by atoms with Gasteiger partial charge in [0.2, 0.25) is 0 Å². The van der Waals surface area contributed by atoms with Crippen molar-refractivity contribution < 1.29 is 13.6 Å². The zero-order chi connectivity index (χ0) is 25.7. The van der Waals surface area contributed by atoms with Crippen LogP contribution in [0.3, 0.4) is 0 Å². The summed E-state index contributed by atoms with van der Waals surface area (Å²) < 4.78 is 30.3. The molecule has 5 nitrogen and oxygen atoms in total. The van der Waals surface area contributed by atoms with E-state index in [0.29, 0.717) is 33.2 Å². The number of carbonyl (C=O) groups excluding carboxylic acids is 1. The van der Waals surface area contributed by atoms with Crippen LogP contribution in [0.2, 0.25) is 0 Å². The first-order valence-corrected chi connectivity index (χ1v) is 12.4. The summed E-state index contributed by atoms with van der Waals surface area (Å²) in [6.45, 7) is 0. The molecule has 1 amide bonds. The summed E-state index contributed by atoms with van der Waals surface area (Å²) in [6.07, 6.45) is 4.97. The van der Waals surface area contributed by atoms with Crippen molar-refractivity contribution in [2.45, 2.75) is 43.8 Å². The highest BCUT2D eigenvalue weighted by Crippen LogP contribution is 2.39. The first kappa shape index (κ1) is 23.3. The van der Waals surface area contributed by atoms with Crippen LogP contribution in [0.4, 0.5) is 8.78 Å². The molecule has 3 heterocycles. The summed E-state index contributed by atoms with van der Waals surface area (Å²) in [5.41, 5.74) is 8.56. The number of fused-ring (bicyclic) bond motifs is 3. The van der Waals surface area contributed by atoms with Crippen molar-refractivity contribution in [2.24, 2.45) is 5.73 Å². The van der Waals surface area contributed by atoms with E-state index in [1.165, 1.54) is 18.3 Å². The SMILES string of the molecule is N#Cc1ccc(-c2cc(C(=O)N3C4CCC3CC(N)C4)ccc2-c2ccc3cccnc3c2F)cc1F. The molecule has 7 heteroatoms. The van der Waals surface area contributed by atoms with Crippen molar-refractivity contribution in [3.05, 3.63) is 89.6 Å². The number of hydrogen-bond donors (Lipinski definition) is 1. The summed E-state index contributed by atoms with van der Waals surface area (Å²) in [4.78, 5) is 19.8. The monoisotopic (exact) mass is 494 g/mol. The molecule has 1 aromatic heterocycles. The van der Waals surface area contributed by atoms with E-state index in [2.05, 4.69) is 4.98 Å². The van der Waals surface area contributed by atoms with Crippen molar-refractivity contribution in [3.8, 4) is 28.3 Å². The number of carbonyl (C=O) groups is 1. The maximum atomic E-state index is 15.7. The number of rotatable bonds is 3. The molecule has 4 aromatic rings. The molecule has 2 aliphatic heterocycles. The molecule has 2 N–H and O–H groups in total. The van der Waals surface area contributed by atoms with Gasteiger partial charge in [-0.05, 0) is 72.7 Å². The number of halogens is 2. The minimum absolute atomic E-state index is 0.0835. The highest BCUT2D eigenvalue weighted by molar-refractivity contribution is 5.99. The average Bonchev–Trinajstić information content (AvgIpc) is 3.19. The van der Waals surface area contributed by atoms with Crippen LogP contribution in [0.15, 0.2) is 66.9 Å². The first-order chi connectivity index (χ1) is 17.9. The van der Waals surface area contributed by atoms with Crippen LogP contribution in [0.25, 0.3) is 33.2 Å². The van der Waals surface area contributed by atoms with Crippen LogP contribution in [0.5, 0.6) is 0 Å². The van der Waals surface area contributed by atoms with Gasteiger partial charge < -0.3 is 10.6 Å². The molecule has 2 bridgehead atoms. The van der Waals surface area contributed by atoms with Crippen molar-refractivity contribution in [1.29, 1.82) is 5.26 Å². The van der Waals surface area contributed by atoms with E-state index in [0.717, 1.165) is 25.7 Å². The number of benzene rings is 3. The van der Waals surface area contributed by atoms with Gasteiger partial charge in [0.1, 0.15) is 17.4 Å². The maximum Gasteiger partial charge on any atom is 0.254 e. The van der Waals surface area contributed by atoms with E-state index in [4.69, 9.17) is 5.73 Å². The summed E-state index contributed by atoms with van der Waals surface area (Å²) in [5.74, 6) is -1.26. The second-order valence-corrected chi connectivity index (χ2v) is 9.90. The lowest BCUT2D eigenvalue weighted by Crippen LogP contribution is -2.50. The Hall–Kier alpha value is -4.15. The van der Waals surface area contributed by atoms with Crippen molar-refractivity contribution >= 4 is 16.8 Å². The molecule has 3 aromatic carbocycles. The molecule has 2 unspecified atom stereocenters. The fraction of sp³-hybridized carbons (Fsp3) is 0.233. The van der Waals surface area contributed by atoms with Crippen LogP contribution in [-0.2, 0) is 0 Å². The lowest BCUT2D eigenvalue weighted by molar-refractivity contribution is 0.0575. The van der Waals surface area contributed by atoms with Crippen molar-refractivity contribution in [3.63, 3.8) is 0 Å². The van der Waals surface area contributed by atoms with Crippen LogP contribution in [0.1, 0.15) is 41.6 Å². The van der Waals surface area contributed by atoms with Gasteiger partial charge in [0.15, 0.2) is 5.82 Å². The van der Waals surface area contributed by atoms with Gasteiger partial charge in [-0.1, -0.05) is 30.3 Å². The number of amides is 1. The number of nitrogens with two attached hydrogens (primary N) is 1. The molecular weight excluding hydrogens is 470 g/mol. The second kappa shape index (κ2) is 9.06. The Kier molecular flexibility index (Phi) is 5.69. The lowest BCUT2D eigenvalue weighted by atomic mass is 9.90. The van der Waals surface area contributed by atoms with E-state index in [1.807, 2.05) is 11.0 Å². The van der Waals surface area contributed by atoms with Gasteiger partial charge in [-0.2, -0.15) is 5.26 Å². The Bertz CT molecular complexity index is 1580. The highest BCUT2D eigenvalue weighted by Gasteiger charge is 2.42. The van der Waals surface area contributed by atoms with E-state index in [-0.39, 0.29) is 35.1 Å². The number of piperidine rings is 1. The van der Waals surface area contributed by atoms with Gasteiger partial charge in [-0.3, -0.25) is 9.78 Å². The third-order valence-electron chi connectivity index (χ3n) is 7.67. The maximum absolute atomic E-state index is 15.7. The van der Waals surface area contributed by atoms with Crippen LogP contribution < -0.4 is 5.73 Å². The standard InChI is InChI=1S/C30H24F2N4O/c31-27-13-18(3-4-20(27)16-33)26-12-19(30(37)36-22-7-8-23(36)15-21(34)14-22)6-9-24(26)25-10-5-17-2-1-11-35-29(17)28(25)32/h1-6,9-13,21-23H,7-8,14-15,34H2. The summed E-state index contributed by atoms with van der Waals surface area (Å²) in [6, 6.07) is 18.5. The van der Waals surface area contributed by atoms with Gasteiger partial charge >= 0.3 is 0 Å². The zero-order valence-corrected chi connectivity index (χ0v) is 20.0. The normalized spacial score (nSPS) is 20.7. The number of pyridine rings is 1. The van der Waals surface area contributed by atoms with Gasteiger partial charge in [-0.25, -0.2) is 8.78 Å². The highest BCUT2D eigenvalue weighted by atomic mass is 19.1. The van der Waals surface area contributed by atoms with E-state index < -0.39 is 11.6 Å². The largest absolute Gasteiger partial charge is 0.333 e. The Morgan fingerprint density at radius 3 is 2.46 bits per heavy atom. The molecule has 6 rings (SSSR count).